The number of nitrogens with zero attached hydrogens (tertiary/aromatic N) is 1. The summed E-state index contributed by atoms with van der Waals surface area (Å²) in [6.07, 6.45) is 3.43. The smallest absolute Gasteiger partial charge is 0.305 e. The Labute approximate surface area is 106 Å². The van der Waals surface area contributed by atoms with Crippen molar-refractivity contribution in [2.75, 3.05) is 0 Å². The number of hydrogen-bond acceptors (Lipinski definition) is 3. The number of carbonyl (C=O) groups is 2. The molecular weight excluding hydrogens is 232 g/mol. The van der Waals surface area contributed by atoms with Crippen LogP contribution in [0.5, 0.6) is 0 Å². The molecule has 1 amide bonds. The molecule has 98 valence electrons. The summed E-state index contributed by atoms with van der Waals surface area (Å²) in [5.41, 5.74) is 0.813. The molecule has 0 fully saturated rings. The number of carbonyl (C=O) groups excluding carboxylic acids is 1. The fourth-order valence-corrected chi connectivity index (χ4v) is 1.59. The van der Waals surface area contributed by atoms with Crippen LogP contribution < -0.4 is 5.32 Å². The van der Waals surface area contributed by atoms with Crippen LogP contribution in [-0.2, 0) is 16.0 Å². The highest BCUT2D eigenvalue weighted by molar-refractivity contribution is 5.79. The SMILES string of the molecule is CC(C)C(CC(=O)O)NC(=O)Cc1cccnc1. The summed E-state index contributed by atoms with van der Waals surface area (Å²) in [6, 6.07) is 3.24. The lowest BCUT2D eigenvalue weighted by molar-refractivity contribution is -0.138. The van der Waals surface area contributed by atoms with Crippen LogP contribution in [0.2, 0.25) is 0 Å². The highest BCUT2D eigenvalue weighted by Gasteiger charge is 2.19. The van der Waals surface area contributed by atoms with E-state index in [9.17, 15) is 9.59 Å². The summed E-state index contributed by atoms with van der Waals surface area (Å²) in [4.78, 5) is 26.4. The lowest BCUT2D eigenvalue weighted by atomic mass is 10.0. The molecule has 0 aliphatic carbocycles. The fraction of sp³-hybridized carbons (Fsp3) is 0.462. The summed E-state index contributed by atoms with van der Waals surface area (Å²) >= 11 is 0. The molecule has 0 saturated heterocycles. The molecule has 1 aromatic heterocycles. The molecule has 18 heavy (non-hydrogen) atoms. The molecule has 0 aliphatic rings. The molecule has 0 bridgehead atoms. The van der Waals surface area contributed by atoms with Crippen molar-refractivity contribution in [1.82, 2.24) is 10.3 Å². The molecule has 2 N–H and O–H groups in total. The van der Waals surface area contributed by atoms with Crippen molar-refractivity contribution in [1.29, 1.82) is 0 Å². The van der Waals surface area contributed by atoms with Crippen LogP contribution in [0.1, 0.15) is 25.8 Å². The Morgan fingerprint density at radius 2 is 2.17 bits per heavy atom. The number of aromatic nitrogens is 1. The van der Waals surface area contributed by atoms with Crippen LogP contribution in [0.4, 0.5) is 0 Å². The zero-order valence-corrected chi connectivity index (χ0v) is 10.6. The van der Waals surface area contributed by atoms with Crippen molar-refractivity contribution in [3.63, 3.8) is 0 Å². The lowest BCUT2D eigenvalue weighted by Gasteiger charge is -2.20. The van der Waals surface area contributed by atoms with Crippen molar-refractivity contribution in [3.05, 3.63) is 30.1 Å². The van der Waals surface area contributed by atoms with Gasteiger partial charge in [-0.15, -0.1) is 0 Å². The van der Waals surface area contributed by atoms with E-state index in [1.807, 2.05) is 19.9 Å². The Hall–Kier alpha value is -1.91. The predicted octanol–water partition coefficient (Wildman–Crippen LogP) is 1.24. The zero-order valence-electron chi connectivity index (χ0n) is 10.6. The second-order valence-corrected chi connectivity index (χ2v) is 4.55. The maximum absolute atomic E-state index is 11.8. The van der Waals surface area contributed by atoms with Gasteiger partial charge >= 0.3 is 5.97 Å². The molecule has 0 saturated carbocycles. The van der Waals surface area contributed by atoms with E-state index in [4.69, 9.17) is 5.11 Å². The van der Waals surface area contributed by atoms with Gasteiger partial charge in [0.1, 0.15) is 0 Å². The van der Waals surface area contributed by atoms with Crippen LogP contribution in [0, 0.1) is 5.92 Å². The average Bonchev–Trinajstić information content (AvgIpc) is 2.28. The Bertz CT molecular complexity index is 404. The number of hydrogen-bond donors (Lipinski definition) is 2. The number of rotatable bonds is 6. The van der Waals surface area contributed by atoms with E-state index in [0.29, 0.717) is 0 Å². The Balaban J connectivity index is 2.54. The highest BCUT2D eigenvalue weighted by Crippen LogP contribution is 2.07. The van der Waals surface area contributed by atoms with Crippen LogP contribution in [0.3, 0.4) is 0 Å². The third-order valence-corrected chi connectivity index (χ3v) is 2.63. The first-order valence-corrected chi connectivity index (χ1v) is 5.89. The van der Waals surface area contributed by atoms with Crippen LogP contribution >= 0.6 is 0 Å². The number of nitrogens with one attached hydrogen (secondary N) is 1. The summed E-state index contributed by atoms with van der Waals surface area (Å²) in [7, 11) is 0. The molecule has 0 spiro atoms. The van der Waals surface area contributed by atoms with Gasteiger partial charge in [0.2, 0.25) is 5.91 Å². The molecule has 0 radical (unpaired) electrons. The van der Waals surface area contributed by atoms with E-state index in [2.05, 4.69) is 10.3 Å². The first-order valence-electron chi connectivity index (χ1n) is 5.89. The maximum atomic E-state index is 11.8. The average molecular weight is 250 g/mol. The normalized spacial score (nSPS) is 12.2. The van der Waals surface area contributed by atoms with E-state index < -0.39 is 5.97 Å². The molecule has 5 nitrogen and oxygen atoms in total. The van der Waals surface area contributed by atoms with Gasteiger partial charge < -0.3 is 10.4 Å². The monoisotopic (exact) mass is 250 g/mol. The quantitative estimate of drug-likeness (QED) is 0.796. The molecule has 0 aliphatic heterocycles. The number of carboxylic acid groups (broad SMARTS) is 1. The molecule has 5 heteroatoms. The third kappa shape index (κ3) is 4.95. The van der Waals surface area contributed by atoms with E-state index in [1.165, 1.54) is 0 Å². The van der Waals surface area contributed by atoms with Crippen LogP contribution in [0.15, 0.2) is 24.5 Å². The zero-order chi connectivity index (χ0) is 13.5. The summed E-state index contributed by atoms with van der Waals surface area (Å²) in [5.74, 6) is -1.00. The maximum Gasteiger partial charge on any atom is 0.305 e. The summed E-state index contributed by atoms with van der Waals surface area (Å²) < 4.78 is 0. The third-order valence-electron chi connectivity index (χ3n) is 2.63. The molecule has 1 rings (SSSR count). The van der Waals surface area contributed by atoms with Crippen molar-refractivity contribution >= 4 is 11.9 Å². The van der Waals surface area contributed by atoms with E-state index in [0.717, 1.165) is 5.56 Å². The summed E-state index contributed by atoms with van der Waals surface area (Å²) in [5, 5.41) is 11.5. The van der Waals surface area contributed by atoms with Gasteiger partial charge in [-0.05, 0) is 17.5 Å². The predicted molar refractivity (Wildman–Crippen MR) is 67.0 cm³/mol. The minimum atomic E-state index is -0.907. The van der Waals surface area contributed by atoms with Crippen molar-refractivity contribution < 1.29 is 14.7 Å². The second-order valence-electron chi connectivity index (χ2n) is 4.55. The van der Waals surface area contributed by atoms with Gasteiger partial charge in [0.25, 0.3) is 0 Å². The van der Waals surface area contributed by atoms with Crippen LogP contribution in [-0.4, -0.2) is 28.0 Å². The number of pyridine rings is 1. The number of aliphatic carboxylic acids is 1. The number of amides is 1. The minimum Gasteiger partial charge on any atom is -0.481 e. The van der Waals surface area contributed by atoms with Gasteiger partial charge in [0.15, 0.2) is 0 Å². The largest absolute Gasteiger partial charge is 0.481 e. The van der Waals surface area contributed by atoms with E-state index in [-0.39, 0.29) is 30.7 Å². The standard InChI is InChI=1S/C13H18N2O3/c1-9(2)11(7-13(17)18)15-12(16)6-10-4-3-5-14-8-10/h3-5,8-9,11H,6-7H2,1-2H3,(H,15,16)(H,17,18). The first kappa shape index (κ1) is 14.2. The summed E-state index contributed by atoms with van der Waals surface area (Å²) in [6.45, 7) is 3.77. The van der Waals surface area contributed by atoms with Gasteiger partial charge in [-0.3, -0.25) is 14.6 Å². The molecule has 1 atom stereocenters. The second kappa shape index (κ2) is 6.74. The van der Waals surface area contributed by atoms with Gasteiger partial charge in [0.05, 0.1) is 12.8 Å². The van der Waals surface area contributed by atoms with Crippen LogP contribution in [0.25, 0.3) is 0 Å². The molecule has 1 unspecified atom stereocenters. The highest BCUT2D eigenvalue weighted by atomic mass is 16.4. The van der Waals surface area contributed by atoms with Gasteiger partial charge in [-0.25, -0.2) is 0 Å². The molecule has 1 heterocycles. The molecule has 0 aromatic carbocycles. The Morgan fingerprint density at radius 1 is 1.44 bits per heavy atom. The lowest BCUT2D eigenvalue weighted by Crippen LogP contribution is -2.40. The van der Waals surface area contributed by atoms with E-state index in [1.54, 1.807) is 18.5 Å². The van der Waals surface area contributed by atoms with Crippen molar-refractivity contribution in [3.8, 4) is 0 Å². The van der Waals surface area contributed by atoms with Gasteiger partial charge in [0, 0.05) is 18.4 Å². The molecular formula is C13H18N2O3. The van der Waals surface area contributed by atoms with Crippen molar-refractivity contribution in [2.24, 2.45) is 5.92 Å². The Morgan fingerprint density at radius 3 is 2.67 bits per heavy atom. The minimum absolute atomic E-state index is 0.0591. The van der Waals surface area contributed by atoms with Gasteiger partial charge in [-0.2, -0.15) is 0 Å². The first-order chi connectivity index (χ1) is 8.49. The molecule has 1 aromatic rings. The Kier molecular flexibility index (Phi) is 5.30. The van der Waals surface area contributed by atoms with Crippen molar-refractivity contribution in [2.45, 2.75) is 32.7 Å². The van der Waals surface area contributed by atoms with E-state index >= 15 is 0 Å². The van der Waals surface area contributed by atoms with Gasteiger partial charge in [-0.1, -0.05) is 19.9 Å². The topological polar surface area (TPSA) is 79.3 Å². The fourth-order valence-electron chi connectivity index (χ4n) is 1.59. The number of carboxylic acids is 1.